The fourth-order valence-electron chi connectivity index (χ4n) is 1.07. The Morgan fingerprint density at radius 1 is 1.50 bits per heavy atom. The molecule has 0 aromatic rings. The zero-order valence-corrected chi connectivity index (χ0v) is 6.73. The summed E-state index contributed by atoms with van der Waals surface area (Å²) < 4.78 is 0. The molecule has 0 unspecified atom stereocenters. The van der Waals surface area contributed by atoms with Gasteiger partial charge in [0.05, 0.1) is 0 Å². The molecular formula is C7H11N2S-. The van der Waals surface area contributed by atoms with E-state index in [0.717, 1.165) is 13.1 Å². The number of nitrogens with zero attached hydrogens (tertiary/aromatic N) is 2. The van der Waals surface area contributed by atoms with Gasteiger partial charge in [-0.15, -0.1) is 0 Å². The van der Waals surface area contributed by atoms with Crippen LogP contribution in [-0.4, -0.2) is 23.2 Å². The number of aliphatic imine (C=N–C) groups is 1. The molecule has 1 saturated heterocycles. The molecule has 0 spiro atoms. The molecule has 0 saturated carbocycles. The van der Waals surface area contributed by atoms with E-state index in [1.165, 1.54) is 19.0 Å². The number of hydrogen-bond donors (Lipinski definition) is 0. The van der Waals surface area contributed by atoms with E-state index in [1.54, 1.807) is 0 Å². The highest BCUT2D eigenvalue weighted by Crippen LogP contribution is 2.07. The van der Waals surface area contributed by atoms with Crippen LogP contribution in [0.4, 0.5) is 0 Å². The molecule has 0 aliphatic carbocycles. The van der Waals surface area contributed by atoms with Crippen LogP contribution in [0.5, 0.6) is 0 Å². The van der Waals surface area contributed by atoms with E-state index >= 15 is 0 Å². The average Bonchev–Trinajstić information content (AvgIpc) is 2.38. The van der Waals surface area contributed by atoms with E-state index in [-0.39, 0.29) is 0 Å². The second kappa shape index (κ2) is 3.56. The lowest BCUT2D eigenvalue weighted by Gasteiger charge is -2.24. The Labute approximate surface area is 67.0 Å². The molecule has 1 aliphatic heterocycles. The van der Waals surface area contributed by atoms with Crippen molar-refractivity contribution in [3.63, 3.8) is 0 Å². The van der Waals surface area contributed by atoms with Crippen molar-refractivity contribution in [2.24, 2.45) is 4.99 Å². The van der Waals surface area contributed by atoms with E-state index in [1.807, 2.05) is 0 Å². The molecule has 1 aliphatic rings. The molecule has 56 valence electrons. The van der Waals surface area contributed by atoms with Crippen LogP contribution in [0.2, 0.25) is 0 Å². The van der Waals surface area contributed by atoms with Crippen LogP contribution in [0.25, 0.3) is 0 Å². The molecule has 0 aromatic heterocycles. The molecule has 2 nitrogen and oxygen atoms in total. The van der Waals surface area contributed by atoms with E-state index in [9.17, 15) is 0 Å². The highest BCUT2D eigenvalue weighted by Gasteiger charge is 2.07. The van der Waals surface area contributed by atoms with Gasteiger partial charge in [-0.1, -0.05) is 6.58 Å². The Morgan fingerprint density at radius 3 is 2.60 bits per heavy atom. The van der Waals surface area contributed by atoms with Gasteiger partial charge in [-0.05, 0) is 18.0 Å². The summed E-state index contributed by atoms with van der Waals surface area (Å²) in [6, 6.07) is 0. The van der Waals surface area contributed by atoms with E-state index < -0.39 is 0 Å². The van der Waals surface area contributed by atoms with Crippen molar-refractivity contribution in [3.8, 4) is 0 Å². The quantitative estimate of drug-likeness (QED) is 0.320. The van der Waals surface area contributed by atoms with Crippen molar-refractivity contribution in [2.75, 3.05) is 13.1 Å². The highest BCUT2D eigenvalue weighted by molar-refractivity contribution is 7.77. The zero-order valence-electron chi connectivity index (χ0n) is 5.92. The lowest BCUT2D eigenvalue weighted by molar-refractivity contribution is 0.530. The smallest absolute Gasteiger partial charge is 0.0194 e. The molecule has 1 rings (SSSR count). The summed E-state index contributed by atoms with van der Waals surface area (Å²) in [6.45, 7) is 5.62. The predicted molar refractivity (Wildman–Crippen MR) is 45.8 cm³/mol. The summed E-state index contributed by atoms with van der Waals surface area (Å²) in [5.74, 6) is 0. The number of rotatable bonds is 1. The van der Waals surface area contributed by atoms with Gasteiger partial charge >= 0.3 is 0 Å². The number of likely N-dealkylation sites (tertiary alicyclic amines) is 1. The van der Waals surface area contributed by atoms with Crippen LogP contribution in [-0.2, 0) is 12.6 Å². The summed E-state index contributed by atoms with van der Waals surface area (Å²) >= 11 is 5.00. The first-order valence-electron chi connectivity index (χ1n) is 3.45. The first-order chi connectivity index (χ1) is 4.84. The van der Waals surface area contributed by atoms with Gasteiger partial charge in [-0.3, -0.25) is 4.99 Å². The van der Waals surface area contributed by atoms with Gasteiger partial charge < -0.3 is 17.5 Å². The third-order valence-corrected chi connectivity index (χ3v) is 1.94. The highest BCUT2D eigenvalue weighted by atomic mass is 32.1. The molecular weight excluding hydrogens is 144 g/mol. The third kappa shape index (κ3) is 1.70. The number of hydrogen-bond acceptors (Lipinski definition) is 2. The Morgan fingerprint density at radius 2 is 2.10 bits per heavy atom. The van der Waals surface area contributed by atoms with Crippen molar-refractivity contribution in [2.45, 2.75) is 12.8 Å². The normalized spacial score (nSPS) is 19.6. The first-order valence-corrected chi connectivity index (χ1v) is 3.86. The van der Waals surface area contributed by atoms with Crippen LogP contribution in [0.15, 0.2) is 17.8 Å². The van der Waals surface area contributed by atoms with Crippen molar-refractivity contribution < 1.29 is 0 Å². The molecule has 1 fully saturated rings. The second-order valence-corrected chi connectivity index (χ2v) is 2.65. The van der Waals surface area contributed by atoms with E-state index in [2.05, 4.69) is 16.5 Å². The summed E-state index contributed by atoms with van der Waals surface area (Å²) in [5, 5.41) is 0.688. The summed E-state index contributed by atoms with van der Waals surface area (Å²) in [6.07, 6.45) is 3.99. The standard InChI is InChI=1S/C7H12N2S/c1-2-8-7(10)9-5-3-4-6-9/h2H,1,3-6H2,(H,8,10)/p-1. The maximum absolute atomic E-state index is 5.00. The average molecular weight is 155 g/mol. The van der Waals surface area contributed by atoms with Gasteiger partial charge in [0.25, 0.3) is 0 Å². The molecule has 0 bridgehead atoms. The van der Waals surface area contributed by atoms with Crippen molar-refractivity contribution >= 4 is 17.8 Å². The molecule has 0 aromatic carbocycles. The van der Waals surface area contributed by atoms with Gasteiger partial charge in [-0.2, -0.15) is 0 Å². The van der Waals surface area contributed by atoms with Crippen molar-refractivity contribution in [3.05, 3.63) is 12.8 Å². The van der Waals surface area contributed by atoms with Crippen LogP contribution in [0.3, 0.4) is 0 Å². The van der Waals surface area contributed by atoms with Crippen LogP contribution in [0, 0.1) is 0 Å². The lowest BCUT2D eigenvalue weighted by Crippen LogP contribution is -2.25. The van der Waals surface area contributed by atoms with Gasteiger partial charge in [0, 0.05) is 19.3 Å². The minimum atomic E-state index is 0.688. The van der Waals surface area contributed by atoms with Gasteiger partial charge in [-0.25, -0.2) is 0 Å². The second-order valence-electron chi connectivity index (χ2n) is 2.29. The van der Waals surface area contributed by atoms with Crippen LogP contribution in [0.1, 0.15) is 12.8 Å². The van der Waals surface area contributed by atoms with E-state index in [0.29, 0.717) is 5.17 Å². The largest absolute Gasteiger partial charge is 0.743 e. The number of amidine groups is 1. The monoisotopic (exact) mass is 155 g/mol. The summed E-state index contributed by atoms with van der Waals surface area (Å²) in [4.78, 5) is 6.04. The van der Waals surface area contributed by atoms with Gasteiger partial charge in [0.15, 0.2) is 0 Å². The third-order valence-electron chi connectivity index (χ3n) is 1.58. The maximum Gasteiger partial charge on any atom is 0.0194 e. The Kier molecular flexibility index (Phi) is 2.68. The zero-order chi connectivity index (χ0) is 7.40. The molecule has 0 N–H and O–H groups in total. The molecule has 1 heterocycles. The molecule has 3 heteroatoms. The Hall–Kier alpha value is -0.570. The van der Waals surface area contributed by atoms with E-state index in [4.69, 9.17) is 12.6 Å². The minimum Gasteiger partial charge on any atom is -0.743 e. The molecule has 0 atom stereocenters. The summed E-state index contributed by atoms with van der Waals surface area (Å²) in [7, 11) is 0. The molecule has 0 amide bonds. The van der Waals surface area contributed by atoms with Gasteiger partial charge in [0.2, 0.25) is 0 Å². The Balaban J connectivity index is 2.46. The predicted octanol–water partition coefficient (Wildman–Crippen LogP) is 1.13. The topological polar surface area (TPSA) is 15.6 Å². The molecule has 10 heavy (non-hydrogen) atoms. The minimum absolute atomic E-state index is 0.688. The van der Waals surface area contributed by atoms with Crippen LogP contribution < -0.4 is 0 Å². The maximum atomic E-state index is 5.00. The van der Waals surface area contributed by atoms with Crippen molar-refractivity contribution in [1.29, 1.82) is 0 Å². The fourth-order valence-corrected chi connectivity index (χ4v) is 1.33. The molecule has 0 radical (unpaired) electrons. The fraction of sp³-hybridized carbons (Fsp3) is 0.571. The summed E-state index contributed by atoms with van der Waals surface area (Å²) in [5.41, 5.74) is 0. The first kappa shape index (κ1) is 7.54. The Bertz CT molecular complexity index is 148. The SMILES string of the molecule is C=CN=C([S-])N1CCCC1. The van der Waals surface area contributed by atoms with Gasteiger partial charge in [0.1, 0.15) is 0 Å². The van der Waals surface area contributed by atoms with Crippen molar-refractivity contribution in [1.82, 2.24) is 4.90 Å². The van der Waals surface area contributed by atoms with Crippen LogP contribution >= 0.6 is 0 Å². The lowest BCUT2D eigenvalue weighted by atomic mass is 10.4.